The second-order valence-corrected chi connectivity index (χ2v) is 15.6. The van der Waals surface area contributed by atoms with Crippen LogP contribution >= 0.6 is 11.3 Å². The van der Waals surface area contributed by atoms with E-state index in [1.807, 2.05) is 59.9 Å². The van der Waals surface area contributed by atoms with Gasteiger partial charge in [-0.2, -0.15) is 0 Å². The summed E-state index contributed by atoms with van der Waals surface area (Å²) in [5.41, 5.74) is 8.08. The van der Waals surface area contributed by atoms with Gasteiger partial charge < -0.3 is 23.7 Å². The van der Waals surface area contributed by atoms with E-state index in [1.165, 1.54) is 36.3 Å². The maximum atomic E-state index is 6.87. The molecule has 2 aliphatic rings. The molecule has 0 amide bonds. The van der Waals surface area contributed by atoms with Crippen molar-refractivity contribution in [3.05, 3.63) is 170 Å². The van der Waals surface area contributed by atoms with Gasteiger partial charge in [-0.1, -0.05) is 60.7 Å². The molecule has 5 nitrogen and oxygen atoms in total. The molecule has 0 saturated heterocycles. The number of rotatable bonds is 2. The smallest absolute Gasteiger partial charge is 0.151 e. The van der Waals surface area contributed by atoms with Crippen molar-refractivity contribution in [2.24, 2.45) is 0 Å². The van der Waals surface area contributed by atoms with Crippen molar-refractivity contribution in [3.63, 3.8) is 0 Å². The summed E-state index contributed by atoms with van der Waals surface area (Å²) in [4.78, 5) is 4.58. The number of hydrogen-bond acceptors (Lipinski definition) is 6. The highest BCUT2D eigenvalue weighted by Crippen LogP contribution is 2.53. The topological polar surface area (TPSA) is 38.1 Å². The number of ether oxygens (including phenoxy) is 2. The fraction of sp³-hybridized carbons (Fsp3) is 0. The van der Waals surface area contributed by atoms with Crippen molar-refractivity contribution in [1.29, 1.82) is 0 Å². The Morgan fingerprint density at radius 3 is 1.43 bits per heavy atom. The first-order valence-electron chi connectivity index (χ1n) is 18.7. The molecular weight excluding hydrogens is 709 g/mol. The summed E-state index contributed by atoms with van der Waals surface area (Å²) >= 11 is 1.82. The molecule has 6 heteroatoms. The van der Waals surface area contributed by atoms with Gasteiger partial charge in [0.15, 0.2) is 23.0 Å². The van der Waals surface area contributed by atoms with Crippen molar-refractivity contribution < 1.29 is 13.9 Å². The van der Waals surface area contributed by atoms with Crippen LogP contribution < -0.4 is 19.3 Å². The van der Waals surface area contributed by atoms with E-state index in [9.17, 15) is 0 Å². The highest BCUT2D eigenvalue weighted by Gasteiger charge is 2.27. The minimum absolute atomic E-state index is 0.841. The molecule has 2 aliphatic heterocycles. The Bertz CT molecular complexity index is 3380. The van der Waals surface area contributed by atoms with Crippen LogP contribution in [0.3, 0.4) is 0 Å². The van der Waals surface area contributed by atoms with Crippen LogP contribution in [0.15, 0.2) is 174 Å². The second kappa shape index (κ2) is 11.1. The van der Waals surface area contributed by atoms with Gasteiger partial charge in [0.1, 0.15) is 11.2 Å². The number of benzene rings is 9. The van der Waals surface area contributed by atoms with Gasteiger partial charge in [-0.15, -0.1) is 11.3 Å². The number of nitrogens with zero attached hydrogens (tertiary/aromatic N) is 2. The molecule has 4 heterocycles. The minimum Gasteiger partial charge on any atom is -0.455 e. The van der Waals surface area contributed by atoms with Crippen molar-refractivity contribution in [2.45, 2.75) is 0 Å². The van der Waals surface area contributed by atoms with Gasteiger partial charge >= 0.3 is 0 Å². The zero-order valence-corrected chi connectivity index (χ0v) is 30.5. The highest BCUT2D eigenvalue weighted by molar-refractivity contribution is 7.26. The van der Waals surface area contributed by atoms with Gasteiger partial charge in [-0.3, -0.25) is 0 Å². The number of furan rings is 1. The van der Waals surface area contributed by atoms with Crippen LogP contribution in [0.25, 0.3) is 63.7 Å². The largest absolute Gasteiger partial charge is 0.455 e. The number of hydrogen-bond donors (Lipinski definition) is 0. The van der Waals surface area contributed by atoms with E-state index in [4.69, 9.17) is 13.9 Å². The predicted octanol–water partition coefficient (Wildman–Crippen LogP) is 15.4. The molecule has 2 aromatic heterocycles. The molecule has 262 valence electrons. The lowest BCUT2D eigenvalue weighted by Crippen LogP contribution is -2.15. The van der Waals surface area contributed by atoms with Crippen LogP contribution in [0.5, 0.6) is 23.0 Å². The average Bonchev–Trinajstić information content (AvgIpc) is 3.79. The van der Waals surface area contributed by atoms with E-state index in [1.54, 1.807) is 0 Å². The monoisotopic (exact) mass is 736 g/mol. The van der Waals surface area contributed by atoms with Crippen LogP contribution in [-0.2, 0) is 0 Å². The van der Waals surface area contributed by atoms with E-state index < -0.39 is 0 Å². The lowest BCUT2D eigenvalue weighted by atomic mass is 10.0. The van der Waals surface area contributed by atoms with Gasteiger partial charge in [0, 0.05) is 42.3 Å². The molecule has 0 radical (unpaired) electrons. The summed E-state index contributed by atoms with van der Waals surface area (Å²) in [5.74, 6) is 3.38. The molecule has 0 N–H and O–H groups in total. The van der Waals surface area contributed by atoms with E-state index in [2.05, 4.69) is 131 Å². The van der Waals surface area contributed by atoms with E-state index >= 15 is 0 Å². The van der Waals surface area contributed by atoms with Gasteiger partial charge in [0.05, 0.1) is 22.7 Å². The van der Waals surface area contributed by atoms with Crippen LogP contribution in [0, 0.1) is 0 Å². The summed E-state index contributed by atoms with van der Waals surface area (Å²) in [6.07, 6.45) is 0. The van der Waals surface area contributed by atoms with Crippen LogP contribution in [0.1, 0.15) is 0 Å². The first-order valence-corrected chi connectivity index (χ1v) is 19.5. The Hall–Kier alpha value is -7.28. The number of thiophene rings is 1. The quantitative estimate of drug-likeness (QED) is 0.177. The molecule has 13 rings (SSSR count). The minimum atomic E-state index is 0.841. The van der Waals surface area contributed by atoms with Crippen LogP contribution in [0.2, 0.25) is 0 Å². The van der Waals surface area contributed by atoms with E-state index in [0.717, 1.165) is 84.4 Å². The Morgan fingerprint density at radius 1 is 0.375 bits per heavy atom. The Morgan fingerprint density at radius 2 is 0.875 bits per heavy atom. The lowest BCUT2D eigenvalue weighted by Gasteiger charge is -2.32. The molecule has 0 unspecified atom stereocenters. The Kier molecular flexibility index (Phi) is 5.98. The number of anilines is 6. The first-order chi connectivity index (χ1) is 27.7. The molecule has 9 aromatic carbocycles. The molecule has 0 fully saturated rings. The zero-order chi connectivity index (χ0) is 36.5. The predicted molar refractivity (Wildman–Crippen MR) is 231 cm³/mol. The average molecular weight is 737 g/mol. The summed E-state index contributed by atoms with van der Waals surface area (Å²) in [6.45, 7) is 0. The molecular formula is C50H28N2O3S. The standard InChI is InChI=1S/C50H28N2O3S/c1-5-13-42-38(9-1)51(39-10-2-6-14-43(39)53-42)33-19-17-29-25-36-35-21-22-47-49(50(35)55-46(36)27-31(29)23-33)37-26-30-18-20-34(24-32(30)28-48(37)56-47)52-40-11-3-7-15-44(40)54-45-16-8-4-12-41(45)52/h1-28H. The maximum Gasteiger partial charge on any atom is 0.151 e. The molecule has 0 spiro atoms. The molecule has 0 atom stereocenters. The highest BCUT2D eigenvalue weighted by atomic mass is 32.1. The molecule has 0 bridgehead atoms. The number of para-hydroxylation sites is 8. The SMILES string of the molecule is c1ccc2c(c1)Oc1ccccc1N2c1ccc2cc3c(cc2c1)oc1c3ccc2sc3cc4cc(N5c6ccccc6Oc6ccccc65)ccc4cc3c21. The van der Waals surface area contributed by atoms with Gasteiger partial charge in [0.25, 0.3) is 0 Å². The normalized spacial score (nSPS) is 13.2. The zero-order valence-electron chi connectivity index (χ0n) is 29.7. The second-order valence-electron chi connectivity index (χ2n) is 14.5. The summed E-state index contributed by atoms with van der Waals surface area (Å²) < 4.78 is 21.9. The molecule has 56 heavy (non-hydrogen) atoms. The molecule has 11 aromatic rings. The third-order valence-corrected chi connectivity index (χ3v) is 12.5. The van der Waals surface area contributed by atoms with Crippen LogP contribution in [-0.4, -0.2) is 0 Å². The first kappa shape index (κ1) is 30.1. The van der Waals surface area contributed by atoms with Crippen molar-refractivity contribution >= 4 is 109 Å². The van der Waals surface area contributed by atoms with E-state index in [-0.39, 0.29) is 0 Å². The van der Waals surface area contributed by atoms with Crippen molar-refractivity contribution in [3.8, 4) is 23.0 Å². The van der Waals surface area contributed by atoms with Gasteiger partial charge in [-0.25, -0.2) is 0 Å². The third-order valence-electron chi connectivity index (χ3n) is 11.3. The van der Waals surface area contributed by atoms with Gasteiger partial charge in [-0.05, 0) is 131 Å². The summed E-state index contributed by atoms with van der Waals surface area (Å²) in [5, 5.41) is 9.32. The Labute approximate surface area is 324 Å². The van der Waals surface area contributed by atoms with Crippen LogP contribution in [0.4, 0.5) is 34.1 Å². The fourth-order valence-corrected chi connectivity index (χ4v) is 9.93. The fourth-order valence-electron chi connectivity index (χ4n) is 8.80. The van der Waals surface area contributed by atoms with Crippen molar-refractivity contribution in [2.75, 3.05) is 9.80 Å². The molecule has 0 aliphatic carbocycles. The Balaban J connectivity index is 0.949. The maximum absolute atomic E-state index is 6.87. The van der Waals surface area contributed by atoms with Crippen molar-refractivity contribution in [1.82, 2.24) is 0 Å². The lowest BCUT2D eigenvalue weighted by molar-refractivity contribution is 0.477. The summed E-state index contributed by atoms with van der Waals surface area (Å²) in [7, 11) is 0. The number of fused-ring (bicyclic) bond motifs is 13. The molecule has 0 saturated carbocycles. The third kappa shape index (κ3) is 4.24. The van der Waals surface area contributed by atoms with Gasteiger partial charge in [0.2, 0.25) is 0 Å². The van der Waals surface area contributed by atoms with E-state index in [0.29, 0.717) is 0 Å². The summed E-state index contributed by atoms with van der Waals surface area (Å²) in [6, 6.07) is 59.9.